The minimum atomic E-state index is -1.31. The van der Waals surface area contributed by atoms with E-state index in [2.05, 4.69) is 0 Å². The zero-order chi connectivity index (χ0) is 9.02. The third kappa shape index (κ3) is 3.54. The highest BCUT2D eigenvalue weighted by Crippen LogP contribution is 2.06. The number of aliphatic carboxylic acids is 2. The van der Waals surface area contributed by atoms with Crippen LogP contribution in [0.3, 0.4) is 0 Å². The fraction of sp³-hybridized carbons (Fsp3) is 0.667. The fourth-order valence-corrected chi connectivity index (χ4v) is 0.754. The highest BCUT2D eigenvalue weighted by Gasteiger charge is 2.28. The van der Waals surface area contributed by atoms with Gasteiger partial charge in [0.1, 0.15) is 6.04 Å². The van der Waals surface area contributed by atoms with E-state index in [0.717, 1.165) is 0 Å². The normalized spacial score (nSPS) is 14.2. The first-order valence-electron chi connectivity index (χ1n) is 3.21. The maximum absolute atomic E-state index is 10.3. The monoisotopic (exact) mass is 197 g/mol. The van der Waals surface area contributed by atoms with Crippen molar-refractivity contribution in [2.24, 2.45) is 11.7 Å². The van der Waals surface area contributed by atoms with E-state index in [1.807, 2.05) is 0 Å². The number of hydrogen-bond acceptors (Lipinski definition) is 3. The molecular weight excluding hydrogens is 186 g/mol. The van der Waals surface area contributed by atoms with Crippen LogP contribution >= 0.6 is 12.4 Å². The second-order valence-corrected chi connectivity index (χ2v) is 2.22. The van der Waals surface area contributed by atoms with Crippen molar-refractivity contribution >= 4 is 24.3 Å². The number of carboxylic acid groups (broad SMARTS) is 2. The molecule has 4 N–H and O–H groups in total. The van der Waals surface area contributed by atoms with Gasteiger partial charge in [-0.1, -0.05) is 6.92 Å². The maximum atomic E-state index is 10.3. The lowest BCUT2D eigenvalue weighted by Gasteiger charge is -2.13. The zero-order valence-electron chi connectivity index (χ0n) is 6.56. The third-order valence-electron chi connectivity index (χ3n) is 1.48. The summed E-state index contributed by atoms with van der Waals surface area (Å²) in [6, 6.07) is -1.31. The molecule has 5 nitrogen and oxygen atoms in total. The molecule has 0 aromatic rings. The number of carbonyl (C=O) groups is 2. The molecule has 0 aliphatic carbocycles. The first kappa shape index (κ1) is 13.8. The van der Waals surface area contributed by atoms with Gasteiger partial charge in [-0.2, -0.15) is 0 Å². The van der Waals surface area contributed by atoms with E-state index in [1.54, 1.807) is 6.92 Å². The number of nitrogens with two attached hydrogens (primary N) is 1. The summed E-state index contributed by atoms with van der Waals surface area (Å²) in [4.78, 5) is 20.5. The second-order valence-electron chi connectivity index (χ2n) is 2.22. The van der Waals surface area contributed by atoms with E-state index in [9.17, 15) is 9.59 Å². The quantitative estimate of drug-likeness (QED) is 0.586. The Hall–Kier alpha value is -0.810. The first-order valence-corrected chi connectivity index (χ1v) is 3.21. The van der Waals surface area contributed by atoms with Crippen LogP contribution in [0.5, 0.6) is 0 Å². The van der Waals surface area contributed by atoms with Crippen LogP contribution in [-0.2, 0) is 9.59 Å². The van der Waals surface area contributed by atoms with Gasteiger partial charge in [0.25, 0.3) is 0 Å². The molecule has 1 unspecified atom stereocenters. The Bertz CT molecular complexity index is 173. The molecule has 0 aromatic heterocycles. The van der Waals surface area contributed by atoms with Crippen molar-refractivity contribution in [1.29, 1.82) is 0 Å². The molecule has 0 saturated heterocycles. The molecule has 0 heterocycles. The Morgan fingerprint density at radius 1 is 1.33 bits per heavy atom. The molecule has 0 fully saturated rings. The molecule has 0 bridgehead atoms. The van der Waals surface area contributed by atoms with Crippen molar-refractivity contribution in [3.8, 4) is 0 Å². The average molecular weight is 198 g/mol. The van der Waals surface area contributed by atoms with Crippen LogP contribution in [0, 0.1) is 5.92 Å². The summed E-state index contributed by atoms with van der Waals surface area (Å²) in [5, 5.41) is 16.8. The van der Waals surface area contributed by atoms with Crippen LogP contribution < -0.4 is 5.73 Å². The van der Waals surface area contributed by atoms with Gasteiger partial charge >= 0.3 is 11.9 Å². The van der Waals surface area contributed by atoms with E-state index in [0.29, 0.717) is 0 Å². The predicted octanol–water partition coefficient (Wildman–Crippen LogP) is -0.0691. The Balaban J connectivity index is 0. The predicted molar refractivity (Wildman–Crippen MR) is 44.3 cm³/mol. The smallest absolute Gasteiger partial charge is 0.321 e. The van der Waals surface area contributed by atoms with Gasteiger partial charge in [0.05, 0.1) is 5.92 Å². The SMILES string of the molecule is CCC(C(=O)O)[C@H](N)C(=O)O.Cl. The van der Waals surface area contributed by atoms with Crippen LogP contribution in [0.25, 0.3) is 0 Å². The summed E-state index contributed by atoms with van der Waals surface area (Å²) >= 11 is 0. The lowest BCUT2D eigenvalue weighted by Crippen LogP contribution is -2.41. The third-order valence-corrected chi connectivity index (χ3v) is 1.48. The minimum absolute atomic E-state index is 0. The van der Waals surface area contributed by atoms with Gasteiger partial charge in [-0.15, -0.1) is 12.4 Å². The minimum Gasteiger partial charge on any atom is -0.481 e. The van der Waals surface area contributed by atoms with Crippen molar-refractivity contribution < 1.29 is 19.8 Å². The first-order chi connectivity index (χ1) is 5.00. The maximum Gasteiger partial charge on any atom is 0.321 e. The molecule has 0 aliphatic rings. The molecule has 6 heteroatoms. The van der Waals surface area contributed by atoms with Crippen molar-refractivity contribution in [2.45, 2.75) is 19.4 Å². The van der Waals surface area contributed by atoms with Crippen LogP contribution in [-0.4, -0.2) is 28.2 Å². The van der Waals surface area contributed by atoms with Crippen molar-refractivity contribution in [3.63, 3.8) is 0 Å². The van der Waals surface area contributed by atoms with Gasteiger partial charge in [0.2, 0.25) is 0 Å². The topological polar surface area (TPSA) is 101 Å². The van der Waals surface area contributed by atoms with E-state index in [-0.39, 0.29) is 18.8 Å². The van der Waals surface area contributed by atoms with Crippen molar-refractivity contribution in [3.05, 3.63) is 0 Å². The molecule has 2 atom stereocenters. The van der Waals surface area contributed by atoms with Crippen LogP contribution in [0.2, 0.25) is 0 Å². The van der Waals surface area contributed by atoms with Gasteiger partial charge in [-0.3, -0.25) is 9.59 Å². The van der Waals surface area contributed by atoms with Crippen LogP contribution in [0.1, 0.15) is 13.3 Å². The Morgan fingerprint density at radius 2 is 1.75 bits per heavy atom. The molecule has 0 spiro atoms. The molecule has 0 saturated carbocycles. The van der Waals surface area contributed by atoms with Gasteiger partial charge in [0.15, 0.2) is 0 Å². The molecule has 0 radical (unpaired) electrons. The number of halogens is 1. The zero-order valence-corrected chi connectivity index (χ0v) is 7.37. The number of rotatable bonds is 4. The number of hydrogen-bond donors (Lipinski definition) is 3. The van der Waals surface area contributed by atoms with E-state index in [1.165, 1.54) is 0 Å². The summed E-state index contributed by atoms with van der Waals surface area (Å²) < 4.78 is 0. The standard InChI is InChI=1S/C6H11NO4.ClH/c1-2-3(5(8)9)4(7)6(10)11;/h3-4H,2,7H2,1H3,(H,8,9)(H,10,11);1H/t3?,4-;/m0./s1. The van der Waals surface area contributed by atoms with Gasteiger partial charge < -0.3 is 15.9 Å². The van der Waals surface area contributed by atoms with Gasteiger partial charge in [0, 0.05) is 0 Å². The highest BCUT2D eigenvalue weighted by molar-refractivity contribution is 5.85. The lowest BCUT2D eigenvalue weighted by atomic mass is 9.98. The molecule has 0 aromatic carbocycles. The van der Waals surface area contributed by atoms with E-state index < -0.39 is 23.9 Å². The Labute approximate surface area is 76.0 Å². The summed E-state index contributed by atoms with van der Waals surface area (Å²) in [5.41, 5.74) is 5.09. The van der Waals surface area contributed by atoms with Crippen LogP contribution in [0.15, 0.2) is 0 Å². The molecular formula is C6H12ClNO4. The Morgan fingerprint density at radius 3 is 1.83 bits per heavy atom. The summed E-state index contributed by atoms with van der Waals surface area (Å²) in [5.74, 6) is -3.44. The van der Waals surface area contributed by atoms with Crippen molar-refractivity contribution in [1.82, 2.24) is 0 Å². The number of carboxylic acids is 2. The average Bonchev–Trinajstić information content (AvgIpc) is 1.88. The Kier molecular flexibility index (Phi) is 6.64. The fourth-order valence-electron chi connectivity index (χ4n) is 0.754. The summed E-state index contributed by atoms with van der Waals surface area (Å²) in [6.07, 6.45) is 0.225. The van der Waals surface area contributed by atoms with Crippen molar-refractivity contribution in [2.75, 3.05) is 0 Å². The lowest BCUT2D eigenvalue weighted by molar-refractivity contribution is -0.150. The van der Waals surface area contributed by atoms with Crippen LogP contribution in [0.4, 0.5) is 0 Å². The molecule has 0 aliphatic heterocycles. The molecule has 0 amide bonds. The molecule has 72 valence electrons. The summed E-state index contributed by atoms with van der Waals surface area (Å²) in [7, 11) is 0. The summed E-state index contributed by atoms with van der Waals surface area (Å²) in [6.45, 7) is 1.58. The van der Waals surface area contributed by atoms with Gasteiger partial charge in [-0.05, 0) is 6.42 Å². The second kappa shape index (κ2) is 5.79. The van der Waals surface area contributed by atoms with Gasteiger partial charge in [-0.25, -0.2) is 0 Å². The van der Waals surface area contributed by atoms with E-state index in [4.69, 9.17) is 15.9 Å². The van der Waals surface area contributed by atoms with E-state index >= 15 is 0 Å². The highest BCUT2D eigenvalue weighted by atomic mass is 35.5. The largest absolute Gasteiger partial charge is 0.481 e. The molecule has 0 rings (SSSR count). The molecule has 12 heavy (non-hydrogen) atoms.